The van der Waals surface area contributed by atoms with Gasteiger partial charge in [-0.2, -0.15) is 0 Å². The molecule has 2 heteroatoms. The molecule has 2 unspecified atom stereocenters. The fourth-order valence-corrected chi connectivity index (χ4v) is 2.82. The number of hydrogen-bond acceptors (Lipinski definition) is 2. The fourth-order valence-electron chi connectivity index (χ4n) is 2.82. The third-order valence-electron chi connectivity index (χ3n) is 4.38. The standard InChI is InChI=1S/C12H24N2/c1-4-12(2,3)14-8-6-11-10(9-14)5-7-13-11/h10-11,13H,4-9H2,1-3H3. The van der Waals surface area contributed by atoms with Gasteiger partial charge in [-0.1, -0.05) is 6.92 Å². The van der Waals surface area contributed by atoms with E-state index in [9.17, 15) is 0 Å². The lowest BCUT2D eigenvalue weighted by Gasteiger charge is -2.44. The van der Waals surface area contributed by atoms with E-state index in [4.69, 9.17) is 0 Å². The van der Waals surface area contributed by atoms with Crippen molar-refractivity contribution in [1.82, 2.24) is 10.2 Å². The number of nitrogens with one attached hydrogen (secondary N) is 1. The van der Waals surface area contributed by atoms with Crippen molar-refractivity contribution in [3.63, 3.8) is 0 Å². The van der Waals surface area contributed by atoms with Gasteiger partial charge in [-0.15, -0.1) is 0 Å². The van der Waals surface area contributed by atoms with Gasteiger partial charge in [0.2, 0.25) is 0 Å². The molecule has 2 saturated heterocycles. The molecule has 2 aliphatic rings. The molecule has 2 atom stereocenters. The number of rotatable bonds is 2. The Balaban J connectivity index is 1.97. The lowest BCUT2D eigenvalue weighted by molar-refractivity contribution is 0.0586. The summed E-state index contributed by atoms with van der Waals surface area (Å²) >= 11 is 0. The Morgan fingerprint density at radius 2 is 2.14 bits per heavy atom. The highest BCUT2D eigenvalue weighted by Crippen LogP contribution is 2.30. The van der Waals surface area contributed by atoms with E-state index in [0.717, 1.165) is 12.0 Å². The minimum Gasteiger partial charge on any atom is -0.314 e. The topological polar surface area (TPSA) is 15.3 Å². The van der Waals surface area contributed by atoms with Crippen LogP contribution in [0.2, 0.25) is 0 Å². The summed E-state index contributed by atoms with van der Waals surface area (Å²) in [5.41, 5.74) is 0.410. The summed E-state index contributed by atoms with van der Waals surface area (Å²) < 4.78 is 0. The Morgan fingerprint density at radius 1 is 1.36 bits per heavy atom. The van der Waals surface area contributed by atoms with E-state index >= 15 is 0 Å². The van der Waals surface area contributed by atoms with E-state index in [1.165, 1.54) is 38.9 Å². The molecule has 0 radical (unpaired) electrons. The van der Waals surface area contributed by atoms with Crippen molar-refractivity contribution >= 4 is 0 Å². The van der Waals surface area contributed by atoms with Crippen LogP contribution in [0, 0.1) is 5.92 Å². The third-order valence-corrected chi connectivity index (χ3v) is 4.38. The second kappa shape index (κ2) is 3.82. The van der Waals surface area contributed by atoms with Gasteiger partial charge in [0.15, 0.2) is 0 Å². The minimum absolute atomic E-state index is 0.410. The zero-order valence-electron chi connectivity index (χ0n) is 9.84. The SMILES string of the molecule is CCC(C)(C)N1CCC2NCCC2C1. The van der Waals surface area contributed by atoms with Crippen molar-refractivity contribution in [3.05, 3.63) is 0 Å². The zero-order chi connectivity index (χ0) is 10.2. The average molecular weight is 196 g/mol. The van der Waals surface area contributed by atoms with Gasteiger partial charge in [-0.3, -0.25) is 4.90 Å². The summed E-state index contributed by atoms with van der Waals surface area (Å²) in [6, 6.07) is 0.832. The first-order chi connectivity index (χ1) is 6.63. The van der Waals surface area contributed by atoms with Crippen LogP contribution < -0.4 is 5.32 Å². The van der Waals surface area contributed by atoms with E-state index in [-0.39, 0.29) is 0 Å². The number of hydrogen-bond donors (Lipinski definition) is 1. The van der Waals surface area contributed by atoms with E-state index in [2.05, 4.69) is 31.0 Å². The summed E-state index contributed by atoms with van der Waals surface area (Å²) in [6.45, 7) is 10.9. The molecule has 0 aromatic rings. The molecule has 0 aromatic heterocycles. The first kappa shape index (κ1) is 10.4. The first-order valence-electron chi connectivity index (χ1n) is 6.12. The molecule has 2 heterocycles. The van der Waals surface area contributed by atoms with Crippen LogP contribution in [-0.4, -0.2) is 36.1 Å². The maximum absolute atomic E-state index is 3.62. The van der Waals surface area contributed by atoms with Crippen LogP contribution in [0.5, 0.6) is 0 Å². The molecule has 14 heavy (non-hydrogen) atoms. The van der Waals surface area contributed by atoms with Crippen LogP contribution in [0.15, 0.2) is 0 Å². The molecule has 82 valence electrons. The Morgan fingerprint density at radius 3 is 2.86 bits per heavy atom. The molecule has 0 aromatic carbocycles. The second-order valence-corrected chi connectivity index (χ2v) is 5.51. The van der Waals surface area contributed by atoms with Crippen molar-refractivity contribution in [3.8, 4) is 0 Å². The molecule has 0 saturated carbocycles. The van der Waals surface area contributed by atoms with Crippen LogP contribution in [0.4, 0.5) is 0 Å². The van der Waals surface area contributed by atoms with Gasteiger partial charge < -0.3 is 5.32 Å². The summed E-state index contributed by atoms with van der Waals surface area (Å²) in [7, 11) is 0. The Labute approximate surface area is 88.1 Å². The minimum atomic E-state index is 0.410. The second-order valence-electron chi connectivity index (χ2n) is 5.51. The van der Waals surface area contributed by atoms with Gasteiger partial charge in [0.25, 0.3) is 0 Å². The predicted octanol–water partition coefficient (Wildman–Crippen LogP) is 1.86. The van der Waals surface area contributed by atoms with Crippen molar-refractivity contribution in [1.29, 1.82) is 0 Å². The highest BCUT2D eigenvalue weighted by molar-refractivity contribution is 4.94. The van der Waals surface area contributed by atoms with Gasteiger partial charge in [0.05, 0.1) is 0 Å². The molecular formula is C12H24N2. The summed E-state index contributed by atoms with van der Waals surface area (Å²) in [6.07, 6.45) is 4.01. The van der Waals surface area contributed by atoms with Crippen molar-refractivity contribution in [2.45, 2.75) is 51.6 Å². The van der Waals surface area contributed by atoms with Crippen LogP contribution in [0.1, 0.15) is 40.0 Å². The molecule has 0 aliphatic carbocycles. The van der Waals surface area contributed by atoms with Gasteiger partial charge in [0.1, 0.15) is 0 Å². The van der Waals surface area contributed by atoms with Crippen molar-refractivity contribution < 1.29 is 0 Å². The summed E-state index contributed by atoms with van der Waals surface area (Å²) in [5.74, 6) is 0.926. The summed E-state index contributed by atoms with van der Waals surface area (Å²) in [5, 5.41) is 3.62. The maximum atomic E-state index is 3.62. The number of piperidine rings is 1. The third kappa shape index (κ3) is 1.82. The van der Waals surface area contributed by atoms with Crippen molar-refractivity contribution in [2.24, 2.45) is 5.92 Å². The van der Waals surface area contributed by atoms with Crippen LogP contribution in [0.3, 0.4) is 0 Å². The molecule has 0 bridgehead atoms. The zero-order valence-corrected chi connectivity index (χ0v) is 9.84. The van der Waals surface area contributed by atoms with E-state index in [1.807, 2.05) is 0 Å². The van der Waals surface area contributed by atoms with Crippen molar-refractivity contribution in [2.75, 3.05) is 19.6 Å². The number of fused-ring (bicyclic) bond motifs is 1. The molecule has 0 spiro atoms. The van der Waals surface area contributed by atoms with Gasteiger partial charge >= 0.3 is 0 Å². The van der Waals surface area contributed by atoms with E-state index < -0.39 is 0 Å². The fraction of sp³-hybridized carbons (Fsp3) is 1.00. The van der Waals surface area contributed by atoms with Crippen LogP contribution in [-0.2, 0) is 0 Å². The Hall–Kier alpha value is -0.0800. The van der Waals surface area contributed by atoms with Crippen LogP contribution >= 0.6 is 0 Å². The molecular weight excluding hydrogens is 172 g/mol. The molecule has 0 amide bonds. The Bertz CT molecular complexity index is 200. The highest BCUT2D eigenvalue weighted by Gasteiger charge is 2.36. The molecule has 2 fully saturated rings. The van der Waals surface area contributed by atoms with E-state index in [0.29, 0.717) is 5.54 Å². The first-order valence-corrected chi connectivity index (χ1v) is 6.12. The number of nitrogens with zero attached hydrogens (tertiary/aromatic N) is 1. The lowest BCUT2D eigenvalue weighted by atomic mass is 9.88. The van der Waals surface area contributed by atoms with E-state index in [1.54, 1.807) is 0 Å². The molecule has 2 aliphatic heterocycles. The largest absolute Gasteiger partial charge is 0.314 e. The monoisotopic (exact) mass is 196 g/mol. The molecule has 1 N–H and O–H groups in total. The van der Waals surface area contributed by atoms with Crippen LogP contribution in [0.25, 0.3) is 0 Å². The van der Waals surface area contributed by atoms with Gasteiger partial charge in [-0.05, 0) is 45.6 Å². The predicted molar refractivity (Wildman–Crippen MR) is 60.5 cm³/mol. The maximum Gasteiger partial charge on any atom is 0.0150 e. The highest BCUT2D eigenvalue weighted by atomic mass is 15.2. The smallest absolute Gasteiger partial charge is 0.0150 e. The average Bonchev–Trinajstić information content (AvgIpc) is 2.64. The molecule has 2 rings (SSSR count). The van der Waals surface area contributed by atoms with Gasteiger partial charge in [-0.25, -0.2) is 0 Å². The quantitative estimate of drug-likeness (QED) is 0.725. The molecule has 2 nitrogen and oxygen atoms in total. The Kier molecular flexibility index (Phi) is 2.85. The summed E-state index contributed by atoms with van der Waals surface area (Å²) in [4.78, 5) is 2.70. The normalized spacial score (nSPS) is 34.5. The van der Waals surface area contributed by atoms with Gasteiger partial charge in [0, 0.05) is 24.7 Å². The lowest BCUT2D eigenvalue weighted by Crippen LogP contribution is -2.52. The number of likely N-dealkylation sites (tertiary alicyclic amines) is 1.